The van der Waals surface area contributed by atoms with Crippen molar-refractivity contribution in [2.45, 2.75) is 17.2 Å². The van der Waals surface area contributed by atoms with Crippen LogP contribution in [0.5, 0.6) is 0 Å². The molecule has 0 spiro atoms. The molecule has 0 atom stereocenters. The summed E-state index contributed by atoms with van der Waals surface area (Å²) >= 11 is 6.16. The van der Waals surface area contributed by atoms with Gasteiger partial charge in [-0.05, 0) is 28.1 Å². The molecule has 0 N–H and O–H groups in total. The first-order valence-electron chi connectivity index (χ1n) is 7.33. The molecule has 4 nitrogen and oxygen atoms in total. The van der Waals surface area contributed by atoms with E-state index in [1.165, 1.54) is 11.3 Å². The van der Waals surface area contributed by atoms with Gasteiger partial charge in [-0.25, -0.2) is 13.4 Å². The van der Waals surface area contributed by atoms with Crippen molar-refractivity contribution in [1.29, 1.82) is 0 Å². The topological polar surface area (TPSA) is 50.3 Å². The molecule has 0 saturated heterocycles. The van der Waals surface area contributed by atoms with Crippen LogP contribution in [0.25, 0.3) is 10.6 Å². The lowest BCUT2D eigenvalue weighted by Gasteiger charge is -2.24. The minimum Gasteiger partial charge on any atom is -0.241 e. The Bertz CT molecular complexity index is 980. The Morgan fingerprint density at radius 1 is 1.08 bits per heavy atom. The molecule has 124 valence electrons. The minimum atomic E-state index is -3.44. The van der Waals surface area contributed by atoms with Crippen molar-refractivity contribution >= 4 is 48.6 Å². The highest BCUT2D eigenvalue weighted by Gasteiger charge is 2.31. The zero-order chi connectivity index (χ0) is 16.7. The molecule has 3 heterocycles. The largest absolute Gasteiger partial charge is 0.252 e. The zero-order valence-electron chi connectivity index (χ0n) is 12.5. The highest BCUT2D eigenvalue weighted by atomic mass is 79.9. The van der Waals surface area contributed by atoms with Gasteiger partial charge in [0.25, 0.3) is 10.0 Å². The number of sulfonamides is 1. The summed E-state index contributed by atoms with van der Waals surface area (Å²) in [6, 6.07) is 13.4. The molecule has 0 aliphatic carbocycles. The first-order valence-corrected chi connectivity index (χ1v) is 11.2. The van der Waals surface area contributed by atoms with E-state index in [1.54, 1.807) is 27.8 Å². The zero-order valence-corrected chi connectivity index (χ0v) is 16.5. The van der Waals surface area contributed by atoms with Crippen molar-refractivity contribution in [3.05, 3.63) is 56.8 Å². The van der Waals surface area contributed by atoms with Crippen LogP contribution in [-0.2, 0) is 23.0 Å². The third-order valence-corrected chi connectivity index (χ3v) is 8.93. The summed E-state index contributed by atoms with van der Waals surface area (Å²) in [6.07, 6.45) is 0.657. The quantitative estimate of drug-likeness (QED) is 0.606. The lowest BCUT2D eigenvalue weighted by Crippen LogP contribution is -2.35. The molecule has 0 unspecified atom stereocenters. The summed E-state index contributed by atoms with van der Waals surface area (Å²) in [5.74, 6) is 0. The summed E-state index contributed by atoms with van der Waals surface area (Å²) in [4.78, 5) is 5.75. The number of aromatic nitrogens is 1. The van der Waals surface area contributed by atoms with Crippen LogP contribution in [0.15, 0.2) is 50.5 Å². The standard InChI is InChI=1S/C16H13BrN2O2S3/c17-14-6-7-15(23-14)24(20,21)19-9-8-12-13(10-19)22-16(18-12)11-4-2-1-3-5-11/h1-7H,8-10H2. The Balaban J connectivity index is 1.63. The predicted molar refractivity (Wildman–Crippen MR) is 101 cm³/mol. The third kappa shape index (κ3) is 2.97. The SMILES string of the molecule is O=S(=O)(c1ccc(Br)s1)N1CCc2nc(-c3ccccc3)sc2C1. The number of nitrogens with zero attached hydrogens (tertiary/aromatic N) is 2. The maximum atomic E-state index is 12.8. The van der Waals surface area contributed by atoms with Crippen molar-refractivity contribution in [1.82, 2.24) is 9.29 Å². The average molecular weight is 441 g/mol. The van der Waals surface area contributed by atoms with Gasteiger partial charge in [0.2, 0.25) is 0 Å². The highest BCUT2D eigenvalue weighted by molar-refractivity contribution is 9.11. The first kappa shape index (κ1) is 16.4. The molecular formula is C16H13BrN2O2S3. The summed E-state index contributed by atoms with van der Waals surface area (Å²) in [5, 5.41) is 0.957. The van der Waals surface area contributed by atoms with Crippen molar-refractivity contribution in [2.24, 2.45) is 0 Å². The van der Waals surface area contributed by atoms with Gasteiger partial charge in [0, 0.05) is 23.4 Å². The van der Waals surface area contributed by atoms with Gasteiger partial charge in [-0.1, -0.05) is 30.3 Å². The molecular weight excluding hydrogens is 428 g/mol. The molecule has 1 aliphatic rings. The lowest BCUT2D eigenvalue weighted by atomic mass is 10.2. The van der Waals surface area contributed by atoms with E-state index in [4.69, 9.17) is 4.98 Å². The molecule has 8 heteroatoms. The van der Waals surface area contributed by atoms with Gasteiger partial charge in [0.05, 0.1) is 16.0 Å². The van der Waals surface area contributed by atoms with E-state index in [0.29, 0.717) is 23.7 Å². The van der Waals surface area contributed by atoms with E-state index in [-0.39, 0.29) is 0 Å². The molecule has 3 aromatic rings. The highest BCUT2D eigenvalue weighted by Crippen LogP contribution is 2.35. The van der Waals surface area contributed by atoms with Crippen LogP contribution >= 0.6 is 38.6 Å². The van der Waals surface area contributed by atoms with E-state index < -0.39 is 10.0 Å². The van der Waals surface area contributed by atoms with Gasteiger partial charge in [0.15, 0.2) is 0 Å². The molecule has 0 radical (unpaired) electrons. The monoisotopic (exact) mass is 440 g/mol. The lowest BCUT2D eigenvalue weighted by molar-refractivity contribution is 0.394. The van der Waals surface area contributed by atoms with E-state index in [9.17, 15) is 8.42 Å². The molecule has 24 heavy (non-hydrogen) atoms. The van der Waals surface area contributed by atoms with Gasteiger partial charge in [-0.3, -0.25) is 0 Å². The van der Waals surface area contributed by atoms with E-state index in [2.05, 4.69) is 15.9 Å². The minimum absolute atomic E-state index is 0.380. The second-order valence-electron chi connectivity index (χ2n) is 5.40. The Morgan fingerprint density at radius 2 is 1.88 bits per heavy atom. The van der Waals surface area contributed by atoms with Gasteiger partial charge in [0.1, 0.15) is 9.22 Å². The second-order valence-corrected chi connectivity index (χ2v) is 11.1. The number of hydrogen-bond acceptors (Lipinski definition) is 5. The van der Waals surface area contributed by atoms with Crippen LogP contribution in [0.2, 0.25) is 0 Å². The van der Waals surface area contributed by atoms with Gasteiger partial charge in [-0.15, -0.1) is 22.7 Å². The van der Waals surface area contributed by atoms with Gasteiger partial charge >= 0.3 is 0 Å². The molecule has 0 fully saturated rings. The van der Waals surface area contributed by atoms with Crippen LogP contribution < -0.4 is 0 Å². The molecule has 0 saturated carbocycles. The fraction of sp³-hybridized carbons (Fsp3) is 0.188. The summed E-state index contributed by atoms with van der Waals surface area (Å²) in [5.41, 5.74) is 2.10. The first-order chi connectivity index (χ1) is 11.5. The van der Waals surface area contributed by atoms with Crippen LogP contribution in [0, 0.1) is 0 Å². The van der Waals surface area contributed by atoms with E-state index in [0.717, 1.165) is 24.9 Å². The molecule has 1 aliphatic heterocycles. The number of hydrogen-bond donors (Lipinski definition) is 0. The van der Waals surface area contributed by atoms with Gasteiger partial charge in [-0.2, -0.15) is 4.31 Å². The van der Waals surface area contributed by atoms with Crippen molar-refractivity contribution in [3.8, 4) is 10.6 Å². The number of benzene rings is 1. The molecule has 0 bridgehead atoms. The Kier molecular flexibility index (Phi) is 4.34. The van der Waals surface area contributed by atoms with E-state index in [1.807, 2.05) is 30.3 Å². The van der Waals surface area contributed by atoms with Crippen LogP contribution in [0.3, 0.4) is 0 Å². The van der Waals surface area contributed by atoms with Crippen LogP contribution in [-0.4, -0.2) is 24.3 Å². The maximum absolute atomic E-state index is 12.8. The van der Waals surface area contributed by atoms with Gasteiger partial charge < -0.3 is 0 Å². The Morgan fingerprint density at radius 3 is 2.58 bits per heavy atom. The summed E-state index contributed by atoms with van der Waals surface area (Å²) < 4.78 is 28.3. The molecule has 1 aromatic carbocycles. The molecule has 2 aromatic heterocycles. The average Bonchev–Trinajstić information content (AvgIpc) is 3.21. The fourth-order valence-corrected chi connectivity index (χ4v) is 7.43. The fourth-order valence-electron chi connectivity index (χ4n) is 2.64. The number of thiophene rings is 1. The second kappa shape index (κ2) is 6.34. The van der Waals surface area contributed by atoms with Crippen molar-refractivity contribution < 1.29 is 8.42 Å². The number of halogens is 1. The number of thiazole rings is 1. The predicted octanol–water partition coefficient (Wildman–Crippen LogP) is 4.38. The van der Waals surface area contributed by atoms with Crippen molar-refractivity contribution in [3.63, 3.8) is 0 Å². The van der Waals surface area contributed by atoms with Crippen molar-refractivity contribution in [2.75, 3.05) is 6.54 Å². The Labute approximate surface area is 157 Å². The maximum Gasteiger partial charge on any atom is 0.252 e. The molecule has 4 rings (SSSR count). The van der Waals surface area contributed by atoms with Crippen LogP contribution in [0.1, 0.15) is 10.6 Å². The van der Waals surface area contributed by atoms with E-state index >= 15 is 0 Å². The third-order valence-electron chi connectivity index (χ3n) is 3.86. The summed E-state index contributed by atoms with van der Waals surface area (Å²) in [6.45, 7) is 0.875. The Hall–Kier alpha value is -1.06. The van der Waals surface area contributed by atoms with Crippen LogP contribution in [0.4, 0.5) is 0 Å². The summed E-state index contributed by atoms with van der Waals surface area (Å²) in [7, 11) is -3.44. The smallest absolute Gasteiger partial charge is 0.241 e. The normalized spacial score (nSPS) is 15.4. The number of rotatable bonds is 3. The molecule has 0 amide bonds. The number of fused-ring (bicyclic) bond motifs is 1.